The Balaban J connectivity index is 1.97. The third-order valence-corrected chi connectivity index (χ3v) is 3.94. The SMILES string of the molecule is CC(NCc1ncc(Cl)s1)c1ccc(C(F)(F)F)cc1. The lowest BCUT2D eigenvalue weighted by atomic mass is 10.1. The molecule has 1 aromatic heterocycles. The molecule has 7 heteroatoms. The minimum atomic E-state index is -4.30. The molecule has 1 aromatic carbocycles. The summed E-state index contributed by atoms with van der Waals surface area (Å²) in [6.07, 6.45) is -2.72. The fourth-order valence-corrected chi connectivity index (χ4v) is 2.60. The number of aromatic nitrogens is 1. The molecule has 108 valence electrons. The molecule has 0 aliphatic rings. The van der Waals surface area contributed by atoms with Crippen molar-refractivity contribution in [1.29, 1.82) is 0 Å². The van der Waals surface area contributed by atoms with Gasteiger partial charge >= 0.3 is 6.18 Å². The number of benzene rings is 1. The Labute approximate surface area is 123 Å². The minimum absolute atomic E-state index is 0.0695. The van der Waals surface area contributed by atoms with Crippen LogP contribution in [0.2, 0.25) is 4.34 Å². The lowest BCUT2D eigenvalue weighted by Gasteiger charge is -2.14. The van der Waals surface area contributed by atoms with E-state index in [4.69, 9.17) is 11.6 Å². The van der Waals surface area contributed by atoms with E-state index in [1.165, 1.54) is 23.5 Å². The van der Waals surface area contributed by atoms with E-state index < -0.39 is 11.7 Å². The van der Waals surface area contributed by atoms with E-state index in [2.05, 4.69) is 10.3 Å². The normalized spacial score (nSPS) is 13.4. The molecule has 2 nitrogen and oxygen atoms in total. The number of nitrogens with one attached hydrogen (secondary N) is 1. The topological polar surface area (TPSA) is 24.9 Å². The van der Waals surface area contributed by atoms with E-state index in [0.717, 1.165) is 22.7 Å². The van der Waals surface area contributed by atoms with Crippen LogP contribution in [0, 0.1) is 0 Å². The zero-order valence-corrected chi connectivity index (χ0v) is 12.1. The summed E-state index contributed by atoms with van der Waals surface area (Å²) in [5.41, 5.74) is 0.154. The van der Waals surface area contributed by atoms with Crippen LogP contribution < -0.4 is 5.32 Å². The van der Waals surface area contributed by atoms with E-state index >= 15 is 0 Å². The van der Waals surface area contributed by atoms with Crippen molar-refractivity contribution in [3.05, 3.63) is 50.9 Å². The van der Waals surface area contributed by atoms with Gasteiger partial charge in [-0.2, -0.15) is 13.2 Å². The van der Waals surface area contributed by atoms with Gasteiger partial charge in [0.2, 0.25) is 0 Å². The molecule has 0 radical (unpaired) electrons. The van der Waals surface area contributed by atoms with E-state index in [1.54, 1.807) is 6.20 Å². The number of nitrogens with zero attached hydrogens (tertiary/aromatic N) is 1. The predicted octanol–water partition coefficient (Wildman–Crippen LogP) is 4.67. The van der Waals surface area contributed by atoms with E-state index in [-0.39, 0.29) is 6.04 Å². The Morgan fingerprint density at radius 2 is 1.95 bits per heavy atom. The van der Waals surface area contributed by atoms with Gasteiger partial charge in [0.05, 0.1) is 11.8 Å². The van der Waals surface area contributed by atoms with Gasteiger partial charge in [0.1, 0.15) is 9.34 Å². The lowest BCUT2D eigenvalue weighted by molar-refractivity contribution is -0.137. The van der Waals surface area contributed by atoms with Crippen LogP contribution in [0.1, 0.15) is 29.1 Å². The minimum Gasteiger partial charge on any atom is -0.304 e. The molecule has 2 rings (SSSR count). The van der Waals surface area contributed by atoms with Gasteiger partial charge in [0.15, 0.2) is 0 Å². The maximum absolute atomic E-state index is 12.5. The lowest BCUT2D eigenvalue weighted by Crippen LogP contribution is -2.18. The molecule has 0 saturated carbocycles. The number of rotatable bonds is 4. The summed E-state index contributed by atoms with van der Waals surface area (Å²) in [4.78, 5) is 4.10. The van der Waals surface area contributed by atoms with Crippen LogP contribution in [0.5, 0.6) is 0 Å². The molecule has 20 heavy (non-hydrogen) atoms. The van der Waals surface area contributed by atoms with Gasteiger partial charge < -0.3 is 5.32 Å². The number of halogens is 4. The third kappa shape index (κ3) is 3.94. The second-order valence-electron chi connectivity index (χ2n) is 4.28. The molecule has 2 aromatic rings. The smallest absolute Gasteiger partial charge is 0.304 e. The Hall–Kier alpha value is -1.11. The van der Waals surface area contributed by atoms with Gasteiger partial charge in [0.25, 0.3) is 0 Å². The van der Waals surface area contributed by atoms with Crippen molar-refractivity contribution in [1.82, 2.24) is 10.3 Å². The van der Waals surface area contributed by atoms with Gasteiger partial charge in [-0.15, -0.1) is 11.3 Å². The van der Waals surface area contributed by atoms with E-state index in [0.29, 0.717) is 10.9 Å². The van der Waals surface area contributed by atoms with Gasteiger partial charge in [-0.25, -0.2) is 4.98 Å². The highest BCUT2D eigenvalue weighted by molar-refractivity contribution is 7.15. The van der Waals surface area contributed by atoms with Gasteiger partial charge in [-0.3, -0.25) is 0 Å². The first-order valence-corrected chi connectivity index (χ1v) is 7.06. The number of hydrogen-bond acceptors (Lipinski definition) is 3. The molecule has 0 aliphatic heterocycles. The standard InChI is InChI=1S/C13H12ClF3N2S/c1-8(18-7-12-19-6-11(14)20-12)9-2-4-10(5-3-9)13(15,16)17/h2-6,8,18H,7H2,1H3. The summed E-state index contributed by atoms with van der Waals surface area (Å²) in [6, 6.07) is 5.08. The molecule has 0 saturated heterocycles. The average molecular weight is 321 g/mol. The van der Waals surface area contributed by atoms with Crippen LogP contribution in [0.15, 0.2) is 30.5 Å². The highest BCUT2D eigenvalue weighted by Crippen LogP contribution is 2.30. The molecule has 0 spiro atoms. The quantitative estimate of drug-likeness (QED) is 0.885. The molecule has 1 N–H and O–H groups in total. The van der Waals surface area contributed by atoms with Crippen molar-refractivity contribution >= 4 is 22.9 Å². The van der Waals surface area contributed by atoms with Gasteiger partial charge in [-0.05, 0) is 24.6 Å². The largest absolute Gasteiger partial charge is 0.416 e. The Morgan fingerprint density at radius 3 is 2.45 bits per heavy atom. The maximum Gasteiger partial charge on any atom is 0.416 e. The predicted molar refractivity (Wildman–Crippen MR) is 73.8 cm³/mol. The second-order valence-corrected chi connectivity index (χ2v) is 6.03. The molecule has 1 heterocycles. The van der Waals surface area contributed by atoms with E-state index in [1.807, 2.05) is 6.92 Å². The van der Waals surface area contributed by atoms with Crippen molar-refractivity contribution in [2.75, 3.05) is 0 Å². The summed E-state index contributed by atoms with van der Waals surface area (Å²) in [5, 5.41) is 4.04. The van der Waals surface area contributed by atoms with Crippen LogP contribution >= 0.6 is 22.9 Å². The van der Waals surface area contributed by atoms with Gasteiger partial charge in [-0.1, -0.05) is 23.7 Å². The van der Waals surface area contributed by atoms with Crippen LogP contribution in [0.4, 0.5) is 13.2 Å². The zero-order valence-electron chi connectivity index (χ0n) is 10.5. The molecule has 0 aliphatic carbocycles. The van der Waals surface area contributed by atoms with Crippen LogP contribution in [0.3, 0.4) is 0 Å². The fourth-order valence-electron chi connectivity index (χ4n) is 1.69. The molecule has 0 amide bonds. The zero-order chi connectivity index (χ0) is 14.8. The summed E-state index contributed by atoms with van der Waals surface area (Å²) in [6.45, 7) is 2.41. The van der Waals surface area contributed by atoms with Crippen molar-refractivity contribution in [3.63, 3.8) is 0 Å². The first kappa shape index (κ1) is 15.3. The third-order valence-electron chi connectivity index (χ3n) is 2.82. The highest BCUT2D eigenvalue weighted by atomic mass is 35.5. The summed E-state index contributed by atoms with van der Waals surface area (Å²) < 4.78 is 38.0. The summed E-state index contributed by atoms with van der Waals surface area (Å²) in [5.74, 6) is 0. The number of hydrogen-bond donors (Lipinski definition) is 1. The van der Waals surface area contributed by atoms with Crippen LogP contribution in [-0.4, -0.2) is 4.98 Å². The summed E-state index contributed by atoms with van der Waals surface area (Å²) >= 11 is 7.15. The second kappa shape index (κ2) is 6.11. The van der Waals surface area contributed by atoms with Crippen molar-refractivity contribution < 1.29 is 13.2 Å². The van der Waals surface area contributed by atoms with Crippen molar-refractivity contribution in [2.45, 2.75) is 25.7 Å². The summed E-state index contributed by atoms with van der Waals surface area (Å²) in [7, 11) is 0. The van der Waals surface area contributed by atoms with Crippen molar-refractivity contribution in [3.8, 4) is 0 Å². The Kier molecular flexibility index (Phi) is 4.67. The van der Waals surface area contributed by atoms with E-state index in [9.17, 15) is 13.2 Å². The molecule has 0 fully saturated rings. The molecule has 0 bridgehead atoms. The van der Waals surface area contributed by atoms with Crippen LogP contribution in [-0.2, 0) is 12.7 Å². The number of thiazole rings is 1. The Bertz CT molecular complexity index is 566. The number of alkyl halides is 3. The van der Waals surface area contributed by atoms with Gasteiger partial charge in [0, 0.05) is 12.6 Å². The average Bonchev–Trinajstić information content (AvgIpc) is 2.81. The molecule has 1 atom stereocenters. The monoisotopic (exact) mass is 320 g/mol. The molecule has 1 unspecified atom stereocenters. The highest BCUT2D eigenvalue weighted by Gasteiger charge is 2.30. The first-order valence-electron chi connectivity index (χ1n) is 5.87. The maximum atomic E-state index is 12.5. The molecular weight excluding hydrogens is 309 g/mol. The molecular formula is C13H12ClF3N2S. The first-order chi connectivity index (χ1) is 9.36. The Morgan fingerprint density at radius 1 is 1.30 bits per heavy atom. The fraction of sp³-hybridized carbons (Fsp3) is 0.308. The van der Waals surface area contributed by atoms with Crippen LogP contribution in [0.25, 0.3) is 0 Å². The van der Waals surface area contributed by atoms with Crippen molar-refractivity contribution in [2.24, 2.45) is 0 Å².